The zero-order valence-corrected chi connectivity index (χ0v) is 12.1. The van der Waals surface area contributed by atoms with E-state index < -0.39 is 0 Å². The third-order valence-corrected chi connectivity index (χ3v) is 3.54. The molecule has 2 rings (SSSR count). The van der Waals surface area contributed by atoms with Crippen LogP contribution in [-0.4, -0.2) is 0 Å². The van der Waals surface area contributed by atoms with Gasteiger partial charge in [0, 0.05) is 15.7 Å². The van der Waals surface area contributed by atoms with Crippen molar-refractivity contribution in [3.8, 4) is 5.75 Å². The Labute approximate surface area is 116 Å². The van der Waals surface area contributed by atoms with Gasteiger partial charge in [-0.2, -0.15) is 0 Å². The van der Waals surface area contributed by atoms with Crippen molar-refractivity contribution in [3.05, 3.63) is 57.6 Å². The van der Waals surface area contributed by atoms with Gasteiger partial charge in [-0.05, 0) is 43.2 Å². The summed E-state index contributed by atoms with van der Waals surface area (Å²) in [6.45, 7) is 4.63. The molecule has 0 aliphatic rings. The van der Waals surface area contributed by atoms with Crippen molar-refractivity contribution in [2.24, 2.45) is 0 Å². The second kappa shape index (κ2) is 5.44. The minimum atomic E-state index is 0.489. The van der Waals surface area contributed by atoms with Crippen LogP contribution < -0.4 is 10.5 Å². The van der Waals surface area contributed by atoms with Crippen molar-refractivity contribution < 1.29 is 4.74 Å². The average Bonchev–Trinajstić information content (AvgIpc) is 2.33. The standard InChI is InChI=1S/C15H16BrNO/c1-10-4-3-5-15(11(10)2)18-9-12-6-7-13(16)8-14(12)17/h3-8H,9,17H2,1-2H3. The van der Waals surface area contributed by atoms with Gasteiger partial charge in [0.15, 0.2) is 0 Å². The summed E-state index contributed by atoms with van der Waals surface area (Å²) >= 11 is 3.39. The third-order valence-electron chi connectivity index (χ3n) is 3.05. The molecule has 2 aromatic carbocycles. The molecule has 2 aromatic rings. The van der Waals surface area contributed by atoms with E-state index in [4.69, 9.17) is 10.5 Å². The van der Waals surface area contributed by atoms with Crippen LogP contribution in [0.1, 0.15) is 16.7 Å². The fourth-order valence-corrected chi connectivity index (χ4v) is 2.11. The van der Waals surface area contributed by atoms with E-state index >= 15 is 0 Å². The normalized spacial score (nSPS) is 10.4. The Morgan fingerprint density at radius 2 is 1.94 bits per heavy atom. The van der Waals surface area contributed by atoms with Crippen LogP contribution in [0, 0.1) is 13.8 Å². The van der Waals surface area contributed by atoms with Crippen LogP contribution in [0.5, 0.6) is 5.75 Å². The Hall–Kier alpha value is -1.48. The van der Waals surface area contributed by atoms with Crippen LogP contribution in [0.3, 0.4) is 0 Å². The van der Waals surface area contributed by atoms with Gasteiger partial charge in [0.25, 0.3) is 0 Å². The number of nitrogen functional groups attached to an aromatic ring is 1. The van der Waals surface area contributed by atoms with E-state index in [1.165, 1.54) is 11.1 Å². The molecule has 0 atom stereocenters. The molecule has 0 spiro atoms. The molecule has 0 saturated carbocycles. The first-order valence-electron chi connectivity index (χ1n) is 5.81. The van der Waals surface area contributed by atoms with Crippen molar-refractivity contribution in [3.63, 3.8) is 0 Å². The summed E-state index contributed by atoms with van der Waals surface area (Å²) in [5.41, 5.74) is 10.1. The molecule has 0 radical (unpaired) electrons. The first-order chi connectivity index (χ1) is 8.58. The topological polar surface area (TPSA) is 35.2 Å². The van der Waals surface area contributed by atoms with E-state index in [0.717, 1.165) is 21.5 Å². The van der Waals surface area contributed by atoms with E-state index in [9.17, 15) is 0 Å². The van der Waals surface area contributed by atoms with Gasteiger partial charge in [-0.1, -0.05) is 34.1 Å². The summed E-state index contributed by atoms with van der Waals surface area (Å²) in [5, 5.41) is 0. The van der Waals surface area contributed by atoms with E-state index in [1.54, 1.807) is 0 Å². The van der Waals surface area contributed by atoms with E-state index in [0.29, 0.717) is 6.61 Å². The Balaban J connectivity index is 2.14. The van der Waals surface area contributed by atoms with Gasteiger partial charge in [-0.15, -0.1) is 0 Å². The number of ether oxygens (including phenoxy) is 1. The lowest BCUT2D eigenvalue weighted by atomic mass is 10.1. The smallest absolute Gasteiger partial charge is 0.122 e. The second-order valence-electron chi connectivity index (χ2n) is 4.33. The number of hydrogen-bond acceptors (Lipinski definition) is 2. The summed E-state index contributed by atoms with van der Waals surface area (Å²) in [6, 6.07) is 11.9. The van der Waals surface area contributed by atoms with Crippen LogP contribution in [0.25, 0.3) is 0 Å². The molecule has 94 valence electrons. The van der Waals surface area contributed by atoms with Crippen molar-refractivity contribution in [1.29, 1.82) is 0 Å². The monoisotopic (exact) mass is 305 g/mol. The number of nitrogens with two attached hydrogens (primary N) is 1. The Kier molecular flexibility index (Phi) is 3.92. The number of halogens is 1. The molecule has 2 N–H and O–H groups in total. The van der Waals surface area contributed by atoms with E-state index in [2.05, 4.69) is 35.8 Å². The number of rotatable bonds is 3. The molecule has 0 amide bonds. The van der Waals surface area contributed by atoms with Gasteiger partial charge in [0.2, 0.25) is 0 Å². The lowest BCUT2D eigenvalue weighted by Gasteiger charge is -2.12. The molecular weight excluding hydrogens is 290 g/mol. The lowest BCUT2D eigenvalue weighted by molar-refractivity contribution is 0.304. The van der Waals surface area contributed by atoms with Crippen LogP contribution in [-0.2, 0) is 6.61 Å². The Bertz CT molecular complexity index is 566. The molecule has 0 saturated heterocycles. The van der Waals surface area contributed by atoms with Gasteiger partial charge in [-0.25, -0.2) is 0 Å². The lowest BCUT2D eigenvalue weighted by Crippen LogP contribution is -2.01. The number of benzene rings is 2. The molecule has 0 unspecified atom stereocenters. The number of anilines is 1. The molecule has 2 nitrogen and oxygen atoms in total. The quantitative estimate of drug-likeness (QED) is 0.861. The summed E-state index contributed by atoms with van der Waals surface area (Å²) in [7, 11) is 0. The van der Waals surface area contributed by atoms with Crippen molar-refractivity contribution in [1.82, 2.24) is 0 Å². The molecule has 0 aliphatic heterocycles. The number of hydrogen-bond donors (Lipinski definition) is 1. The fraction of sp³-hybridized carbons (Fsp3) is 0.200. The van der Waals surface area contributed by atoms with Gasteiger partial charge < -0.3 is 10.5 Å². The van der Waals surface area contributed by atoms with Crippen LogP contribution in [0.2, 0.25) is 0 Å². The summed E-state index contributed by atoms with van der Waals surface area (Å²) in [5.74, 6) is 0.914. The molecule has 0 heterocycles. The van der Waals surface area contributed by atoms with E-state index in [-0.39, 0.29) is 0 Å². The fourth-order valence-electron chi connectivity index (χ4n) is 1.73. The first kappa shape index (κ1) is 13.0. The number of aryl methyl sites for hydroxylation is 1. The zero-order chi connectivity index (χ0) is 13.1. The van der Waals surface area contributed by atoms with Crippen molar-refractivity contribution in [2.75, 3.05) is 5.73 Å². The van der Waals surface area contributed by atoms with Crippen molar-refractivity contribution in [2.45, 2.75) is 20.5 Å². The molecule has 3 heteroatoms. The Morgan fingerprint density at radius 1 is 1.17 bits per heavy atom. The SMILES string of the molecule is Cc1cccc(OCc2ccc(Br)cc2N)c1C. The summed E-state index contributed by atoms with van der Waals surface area (Å²) in [4.78, 5) is 0. The van der Waals surface area contributed by atoms with Crippen LogP contribution in [0.4, 0.5) is 5.69 Å². The van der Waals surface area contributed by atoms with E-state index in [1.807, 2.05) is 30.3 Å². The first-order valence-corrected chi connectivity index (χ1v) is 6.60. The highest BCUT2D eigenvalue weighted by Crippen LogP contribution is 2.24. The highest BCUT2D eigenvalue weighted by Gasteiger charge is 2.04. The molecule has 0 fully saturated rings. The van der Waals surface area contributed by atoms with Gasteiger partial charge in [-0.3, -0.25) is 0 Å². The maximum atomic E-state index is 5.94. The van der Waals surface area contributed by atoms with Crippen molar-refractivity contribution >= 4 is 21.6 Å². The minimum absolute atomic E-state index is 0.489. The summed E-state index contributed by atoms with van der Waals surface area (Å²) in [6.07, 6.45) is 0. The van der Waals surface area contributed by atoms with Gasteiger partial charge in [0.1, 0.15) is 12.4 Å². The Morgan fingerprint density at radius 3 is 2.67 bits per heavy atom. The molecule has 18 heavy (non-hydrogen) atoms. The van der Waals surface area contributed by atoms with Gasteiger partial charge >= 0.3 is 0 Å². The van der Waals surface area contributed by atoms with Crippen LogP contribution >= 0.6 is 15.9 Å². The maximum absolute atomic E-state index is 5.94. The molecule has 0 bridgehead atoms. The minimum Gasteiger partial charge on any atom is -0.489 e. The molecular formula is C15H16BrNO. The zero-order valence-electron chi connectivity index (χ0n) is 10.5. The van der Waals surface area contributed by atoms with Gasteiger partial charge in [0.05, 0.1) is 0 Å². The maximum Gasteiger partial charge on any atom is 0.122 e. The summed E-state index contributed by atoms with van der Waals surface area (Å²) < 4.78 is 6.81. The highest BCUT2D eigenvalue weighted by atomic mass is 79.9. The average molecular weight is 306 g/mol. The highest BCUT2D eigenvalue weighted by molar-refractivity contribution is 9.10. The van der Waals surface area contributed by atoms with Crippen LogP contribution in [0.15, 0.2) is 40.9 Å². The third kappa shape index (κ3) is 2.85. The largest absolute Gasteiger partial charge is 0.489 e. The predicted octanol–water partition coefficient (Wildman–Crippen LogP) is 4.23. The predicted molar refractivity (Wildman–Crippen MR) is 78.8 cm³/mol. The molecule has 0 aromatic heterocycles. The second-order valence-corrected chi connectivity index (χ2v) is 5.25. The molecule has 0 aliphatic carbocycles.